The largest absolute Gasteiger partial charge is 0.208 e. The topological polar surface area (TPSA) is 38.7 Å². The number of nitrogens with zero attached hydrogens (tertiary/aromatic N) is 3. The van der Waals surface area contributed by atoms with E-state index in [1.54, 1.807) is 0 Å². The maximum atomic E-state index is 5.16. The normalized spacial score (nSPS) is 15.8. The molecular weight excluding hydrogens is 815 g/mol. The van der Waals surface area contributed by atoms with Crippen LogP contribution in [0.5, 0.6) is 0 Å². The van der Waals surface area contributed by atoms with Gasteiger partial charge in [0.05, 0.1) is 0 Å². The van der Waals surface area contributed by atoms with Crippen molar-refractivity contribution >= 4 is 80.6 Å². The van der Waals surface area contributed by atoms with E-state index in [2.05, 4.69) is 182 Å². The zero-order chi connectivity index (χ0) is 42.1. The average Bonchev–Trinajstić information content (AvgIpc) is 3.94. The van der Waals surface area contributed by atoms with Gasteiger partial charge in [-0.1, -0.05) is 164 Å². The minimum Gasteiger partial charge on any atom is -0.208 e. The Morgan fingerprint density at radius 1 is 0.422 bits per heavy atom. The van der Waals surface area contributed by atoms with Crippen LogP contribution in [0.25, 0.3) is 103 Å². The van der Waals surface area contributed by atoms with Gasteiger partial charge in [-0.3, -0.25) is 0 Å². The summed E-state index contributed by atoms with van der Waals surface area (Å²) in [5.41, 5.74) is 9.73. The number of hydrogen-bond donors (Lipinski definition) is 0. The summed E-state index contributed by atoms with van der Waals surface area (Å²) in [5, 5.41) is 9.25. The molecule has 13 rings (SSSR count). The Kier molecular flexibility index (Phi) is 8.85. The van der Waals surface area contributed by atoms with Crippen molar-refractivity contribution in [2.45, 2.75) is 24.7 Å². The van der Waals surface area contributed by atoms with Gasteiger partial charge in [0.2, 0.25) is 0 Å². The SMILES string of the molecule is C1=CCC(c2c(C3C=Cc4sc5cccc(-c6ccc(-c7nc(-c8ccccc8)nc(-c8ccc9sc%10ccccc%10c9c8)n7)cc6)c5c4C3)c3ccccc3c3ccccc23)C=C1. The van der Waals surface area contributed by atoms with Crippen molar-refractivity contribution in [1.29, 1.82) is 0 Å². The van der Waals surface area contributed by atoms with E-state index in [1.807, 2.05) is 40.9 Å². The molecule has 3 aromatic heterocycles. The molecule has 3 nitrogen and oxygen atoms in total. The number of rotatable bonds is 6. The Labute approximate surface area is 379 Å². The number of fused-ring (bicyclic) bond motifs is 9. The summed E-state index contributed by atoms with van der Waals surface area (Å²) in [6, 6.07) is 59.2. The van der Waals surface area contributed by atoms with E-state index in [0.717, 1.165) is 29.5 Å². The average molecular weight is 854 g/mol. The second-order valence-electron chi connectivity index (χ2n) is 16.9. The van der Waals surface area contributed by atoms with Gasteiger partial charge >= 0.3 is 0 Å². The molecule has 2 unspecified atom stereocenters. The molecule has 11 aromatic rings. The maximum Gasteiger partial charge on any atom is 0.164 e. The van der Waals surface area contributed by atoms with Gasteiger partial charge in [-0.05, 0) is 98.6 Å². The molecule has 0 saturated heterocycles. The van der Waals surface area contributed by atoms with Gasteiger partial charge in [-0.25, -0.2) is 15.0 Å². The smallest absolute Gasteiger partial charge is 0.164 e. The highest BCUT2D eigenvalue weighted by atomic mass is 32.1. The fourth-order valence-electron chi connectivity index (χ4n) is 10.3. The number of aromatic nitrogens is 3. The summed E-state index contributed by atoms with van der Waals surface area (Å²) < 4.78 is 3.86. The fraction of sp³-hybridized carbons (Fsp3) is 0.0678. The van der Waals surface area contributed by atoms with Gasteiger partial charge in [-0.15, -0.1) is 22.7 Å². The third-order valence-electron chi connectivity index (χ3n) is 13.2. The fourth-order valence-corrected chi connectivity index (χ4v) is 12.6. The van der Waals surface area contributed by atoms with E-state index in [1.165, 1.54) is 84.5 Å². The standard InChI is InChI=1S/C59H39N3S2/c1-3-14-37(15-4-1)54-46-21-9-7-18-43(46)44-19-8-10-22-47(44)55(54)40-30-32-52-49(34-40)56-42(23-13-25-53(56)64-52)36-26-28-39(29-27-36)58-60-57(38-16-5-2-6-17-38)61-59(62-58)41-31-33-51-48(35-41)45-20-11-12-24-50(45)63-51/h1-14,16-33,35,37,40H,15,34H2. The third kappa shape index (κ3) is 6.18. The molecule has 2 atom stereocenters. The summed E-state index contributed by atoms with van der Waals surface area (Å²) in [4.78, 5) is 16.7. The van der Waals surface area contributed by atoms with Gasteiger partial charge in [0.15, 0.2) is 17.5 Å². The van der Waals surface area contributed by atoms with Crippen LogP contribution in [-0.4, -0.2) is 15.0 Å². The monoisotopic (exact) mass is 853 g/mol. The molecule has 2 aliphatic rings. The van der Waals surface area contributed by atoms with E-state index in [9.17, 15) is 0 Å². The molecule has 0 radical (unpaired) electrons. The quantitative estimate of drug-likeness (QED) is 0.156. The van der Waals surface area contributed by atoms with Crippen molar-refractivity contribution in [1.82, 2.24) is 15.0 Å². The Morgan fingerprint density at radius 3 is 1.75 bits per heavy atom. The molecule has 5 heteroatoms. The van der Waals surface area contributed by atoms with Crippen LogP contribution in [0, 0.1) is 0 Å². The minimum atomic E-state index is 0.237. The lowest BCUT2D eigenvalue weighted by Gasteiger charge is -2.28. The molecule has 3 heterocycles. The lowest BCUT2D eigenvalue weighted by molar-refractivity contribution is 0.791. The zero-order valence-electron chi connectivity index (χ0n) is 34.8. The van der Waals surface area contributed by atoms with Crippen LogP contribution in [0.4, 0.5) is 0 Å². The third-order valence-corrected chi connectivity index (χ3v) is 15.6. The van der Waals surface area contributed by atoms with Crippen LogP contribution in [-0.2, 0) is 6.42 Å². The van der Waals surface area contributed by atoms with Gasteiger partial charge in [0, 0.05) is 63.7 Å². The lowest BCUT2D eigenvalue weighted by atomic mass is 9.75. The molecule has 8 aromatic carbocycles. The predicted molar refractivity (Wildman–Crippen MR) is 272 cm³/mol. The number of allylic oxidation sites excluding steroid dienone is 5. The van der Waals surface area contributed by atoms with Crippen molar-refractivity contribution in [3.63, 3.8) is 0 Å². The zero-order valence-corrected chi connectivity index (χ0v) is 36.4. The molecule has 0 bridgehead atoms. The maximum absolute atomic E-state index is 5.16. The highest BCUT2D eigenvalue weighted by molar-refractivity contribution is 7.25. The highest BCUT2D eigenvalue weighted by Gasteiger charge is 2.29. The van der Waals surface area contributed by atoms with E-state index < -0.39 is 0 Å². The first kappa shape index (κ1) is 37.3. The molecule has 64 heavy (non-hydrogen) atoms. The van der Waals surface area contributed by atoms with Gasteiger partial charge in [0.1, 0.15) is 0 Å². The second-order valence-corrected chi connectivity index (χ2v) is 19.1. The van der Waals surface area contributed by atoms with Crippen LogP contribution in [0.3, 0.4) is 0 Å². The van der Waals surface area contributed by atoms with E-state index in [4.69, 9.17) is 15.0 Å². The molecule has 0 fully saturated rings. The first-order valence-electron chi connectivity index (χ1n) is 22.0. The van der Waals surface area contributed by atoms with Crippen molar-refractivity contribution < 1.29 is 0 Å². The van der Waals surface area contributed by atoms with Gasteiger partial charge in [0.25, 0.3) is 0 Å². The van der Waals surface area contributed by atoms with E-state index in [0.29, 0.717) is 23.4 Å². The summed E-state index contributed by atoms with van der Waals surface area (Å²) in [6.07, 6.45) is 16.0. The molecule has 0 N–H and O–H groups in total. The van der Waals surface area contributed by atoms with Crippen LogP contribution >= 0.6 is 22.7 Å². The highest BCUT2D eigenvalue weighted by Crippen LogP contribution is 2.49. The van der Waals surface area contributed by atoms with E-state index in [-0.39, 0.29) is 5.92 Å². The van der Waals surface area contributed by atoms with Crippen molar-refractivity contribution in [3.8, 4) is 45.3 Å². The summed E-state index contributed by atoms with van der Waals surface area (Å²) in [6.45, 7) is 0. The van der Waals surface area contributed by atoms with E-state index >= 15 is 0 Å². The summed E-state index contributed by atoms with van der Waals surface area (Å²) in [7, 11) is 0. The number of hydrogen-bond acceptors (Lipinski definition) is 5. The van der Waals surface area contributed by atoms with Crippen LogP contribution < -0.4 is 0 Å². The molecule has 0 aliphatic heterocycles. The summed E-state index contributed by atoms with van der Waals surface area (Å²) in [5.74, 6) is 2.55. The minimum absolute atomic E-state index is 0.237. The Hall–Kier alpha value is -7.31. The van der Waals surface area contributed by atoms with Crippen molar-refractivity contribution in [2.24, 2.45) is 0 Å². The van der Waals surface area contributed by atoms with Crippen molar-refractivity contribution in [2.75, 3.05) is 0 Å². The second kappa shape index (κ2) is 15.2. The molecule has 0 saturated carbocycles. The van der Waals surface area contributed by atoms with Crippen LogP contribution in [0.2, 0.25) is 0 Å². The van der Waals surface area contributed by atoms with Crippen molar-refractivity contribution in [3.05, 3.63) is 216 Å². The molecule has 302 valence electrons. The molecule has 2 aliphatic carbocycles. The Morgan fingerprint density at radius 2 is 1.02 bits per heavy atom. The van der Waals surface area contributed by atoms with Gasteiger partial charge in [-0.2, -0.15) is 0 Å². The predicted octanol–water partition coefficient (Wildman–Crippen LogP) is 16.4. The van der Waals surface area contributed by atoms with Crippen LogP contribution in [0.15, 0.2) is 194 Å². The first-order chi connectivity index (χ1) is 31.7. The lowest BCUT2D eigenvalue weighted by Crippen LogP contribution is -2.11. The number of benzene rings is 8. The Bertz CT molecular complexity index is 3740. The Balaban J connectivity index is 0.903. The molecule has 0 spiro atoms. The first-order valence-corrected chi connectivity index (χ1v) is 23.7. The number of thiophene rings is 2. The van der Waals surface area contributed by atoms with Gasteiger partial charge < -0.3 is 0 Å². The molecular formula is C59H39N3S2. The summed E-state index contributed by atoms with van der Waals surface area (Å²) >= 11 is 3.73. The van der Waals surface area contributed by atoms with Crippen LogP contribution in [0.1, 0.15) is 39.8 Å². The molecule has 0 amide bonds.